The minimum Gasteiger partial charge on any atom is -0.484 e. The normalized spacial score (nSPS) is 10.4. The van der Waals surface area contributed by atoms with Crippen LogP contribution in [0.1, 0.15) is 5.56 Å². The number of rotatable bonds is 5. The van der Waals surface area contributed by atoms with Crippen molar-refractivity contribution in [3.05, 3.63) is 64.5 Å². The fraction of sp³-hybridized carbons (Fsp3) is 0.111. The number of aromatic nitrogens is 1. The number of anilines is 1. The standard InChI is InChI=1S/C18H15ClN2O2S/c1-12-2-4-13(5-3-12)16-11-24-18(20-16)21-17(22)10-23-15-8-6-14(19)7-9-15/h2-9,11H,10H2,1H3,(H,20,21,22). The first-order valence-corrected chi connectivity index (χ1v) is 8.57. The van der Waals surface area contributed by atoms with Gasteiger partial charge < -0.3 is 4.74 Å². The zero-order chi connectivity index (χ0) is 16.9. The highest BCUT2D eigenvalue weighted by Gasteiger charge is 2.09. The van der Waals surface area contributed by atoms with Crippen LogP contribution in [-0.4, -0.2) is 17.5 Å². The second-order valence-corrected chi connectivity index (χ2v) is 6.49. The van der Waals surface area contributed by atoms with Gasteiger partial charge in [0.25, 0.3) is 5.91 Å². The lowest BCUT2D eigenvalue weighted by molar-refractivity contribution is -0.118. The van der Waals surface area contributed by atoms with Crippen LogP contribution in [0.5, 0.6) is 5.75 Å². The van der Waals surface area contributed by atoms with Crippen LogP contribution >= 0.6 is 22.9 Å². The summed E-state index contributed by atoms with van der Waals surface area (Å²) in [4.78, 5) is 16.4. The second kappa shape index (κ2) is 7.47. The van der Waals surface area contributed by atoms with Gasteiger partial charge in [-0.2, -0.15) is 0 Å². The minimum absolute atomic E-state index is 0.0823. The Hall–Kier alpha value is -2.37. The average Bonchev–Trinajstić information content (AvgIpc) is 3.03. The van der Waals surface area contributed by atoms with Gasteiger partial charge >= 0.3 is 0 Å². The fourth-order valence-corrected chi connectivity index (χ4v) is 2.88. The molecule has 4 nitrogen and oxygen atoms in total. The van der Waals surface area contributed by atoms with Gasteiger partial charge in [-0.05, 0) is 31.2 Å². The molecule has 1 aromatic heterocycles. The van der Waals surface area contributed by atoms with Gasteiger partial charge in [-0.1, -0.05) is 41.4 Å². The van der Waals surface area contributed by atoms with Crippen LogP contribution in [-0.2, 0) is 4.79 Å². The van der Waals surface area contributed by atoms with Gasteiger partial charge in [-0.15, -0.1) is 11.3 Å². The maximum atomic E-state index is 11.9. The molecule has 0 spiro atoms. The first kappa shape index (κ1) is 16.5. The monoisotopic (exact) mass is 358 g/mol. The Kier molecular flexibility index (Phi) is 5.13. The Morgan fingerprint density at radius 3 is 2.58 bits per heavy atom. The van der Waals surface area contributed by atoms with Crippen LogP contribution < -0.4 is 10.1 Å². The quantitative estimate of drug-likeness (QED) is 0.713. The van der Waals surface area contributed by atoms with Crippen molar-refractivity contribution < 1.29 is 9.53 Å². The van der Waals surface area contributed by atoms with Crippen molar-refractivity contribution in [2.24, 2.45) is 0 Å². The number of hydrogen-bond acceptors (Lipinski definition) is 4. The Bertz CT molecular complexity index is 829. The predicted molar refractivity (Wildman–Crippen MR) is 97.9 cm³/mol. The molecule has 3 rings (SSSR count). The molecule has 3 aromatic rings. The van der Waals surface area contributed by atoms with E-state index in [2.05, 4.69) is 10.3 Å². The fourth-order valence-electron chi connectivity index (χ4n) is 2.02. The molecule has 0 saturated heterocycles. The summed E-state index contributed by atoms with van der Waals surface area (Å²) in [5, 5.41) is 5.83. The van der Waals surface area contributed by atoms with Gasteiger partial charge in [0.15, 0.2) is 11.7 Å². The van der Waals surface area contributed by atoms with Crippen molar-refractivity contribution in [1.29, 1.82) is 0 Å². The Morgan fingerprint density at radius 1 is 1.17 bits per heavy atom. The molecule has 0 saturated carbocycles. The zero-order valence-corrected chi connectivity index (χ0v) is 14.5. The first-order valence-electron chi connectivity index (χ1n) is 7.31. The second-order valence-electron chi connectivity index (χ2n) is 5.19. The molecule has 0 bridgehead atoms. The molecular weight excluding hydrogens is 344 g/mol. The van der Waals surface area contributed by atoms with Crippen LogP contribution in [0.2, 0.25) is 5.02 Å². The highest BCUT2D eigenvalue weighted by Crippen LogP contribution is 2.25. The van der Waals surface area contributed by atoms with Crippen LogP contribution in [0, 0.1) is 6.92 Å². The van der Waals surface area contributed by atoms with E-state index in [-0.39, 0.29) is 12.5 Å². The molecule has 0 unspecified atom stereocenters. The molecule has 24 heavy (non-hydrogen) atoms. The van der Waals surface area contributed by atoms with Gasteiger partial charge in [-0.25, -0.2) is 4.98 Å². The van der Waals surface area contributed by atoms with Gasteiger partial charge in [0.1, 0.15) is 5.75 Å². The van der Waals surface area contributed by atoms with E-state index in [9.17, 15) is 4.79 Å². The summed E-state index contributed by atoms with van der Waals surface area (Å²) in [5.74, 6) is 0.337. The minimum atomic E-state index is -0.255. The number of nitrogens with one attached hydrogen (secondary N) is 1. The third-order valence-corrected chi connectivity index (χ3v) is 4.29. The van der Waals surface area contributed by atoms with E-state index in [1.165, 1.54) is 16.9 Å². The summed E-state index contributed by atoms with van der Waals surface area (Å²) >= 11 is 7.19. The molecule has 122 valence electrons. The van der Waals surface area contributed by atoms with E-state index >= 15 is 0 Å². The lowest BCUT2D eigenvalue weighted by Crippen LogP contribution is -2.20. The Labute approximate surface area is 149 Å². The number of hydrogen-bond donors (Lipinski definition) is 1. The van der Waals surface area contributed by atoms with E-state index in [4.69, 9.17) is 16.3 Å². The van der Waals surface area contributed by atoms with Crippen molar-refractivity contribution in [1.82, 2.24) is 4.98 Å². The summed E-state index contributed by atoms with van der Waals surface area (Å²) in [6, 6.07) is 15.0. The predicted octanol–water partition coefficient (Wildman–Crippen LogP) is 4.79. The van der Waals surface area contributed by atoms with E-state index in [0.29, 0.717) is 15.9 Å². The summed E-state index contributed by atoms with van der Waals surface area (Å²) in [7, 11) is 0. The molecule has 1 amide bonds. The lowest BCUT2D eigenvalue weighted by atomic mass is 10.1. The maximum Gasteiger partial charge on any atom is 0.264 e. The van der Waals surface area contributed by atoms with E-state index in [0.717, 1.165) is 11.3 Å². The number of ether oxygens (including phenoxy) is 1. The smallest absolute Gasteiger partial charge is 0.264 e. The Morgan fingerprint density at radius 2 is 1.88 bits per heavy atom. The van der Waals surface area contributed by atoms with Crippen LogP contribution in [0.3, 0.4) is 0 Å². The summed E-state index contributed by atoms with van der Waals surface area (Å²) < 4.78 is 5.41. The summed E-state index contributed by atoms with van der Waals surface area (Å²) in [6.07, 6.45) is 0. The highest BCUT2D eigenvalue weighted by atomic mass is 35.5. The third-order valence-electron chi connectivity index (χ3n) is 3.28. The number of benzene rings is 2. The third kappa shape index (κ3) is 4.34. The molecule has 0 atom stereocenters. The molecule has 6 heteroatoms. The van der Waals surface area contributed by atoms with E-state index in [1.807, 2.05) is 36.6 Å². The highest BCUT2D eigenvalue weighted by molar-refractivity contribution is 7.14. The Balaban J connectivity index is 1.57. The summed E-state index contributed by atoms with van der Waals surface area (Å²) in [5.41, 5.74) is 3.06. The molecule has 0 radical (unpaired) electrons. The molecule has 0 aliphatic carbocycles. The van der Waals surface area contributed by atoms with Gasteiger partial charge in [0.2, 0.25) is 0 Å². The molecule has 0 aliphatic heterocycles. The van der Waals surface area contributed by atoms with E-state index < -0.39 is 0 Å². The van der Waals surface area contributed by atoms with Gasteiger partial charge in [-0.3, -0.25) is 10.1 Å². The van der Waals surface area contributed by atoms with Crippen LogP contribution in [0.4, 0.5) is 5.13 Å². The van der Waals surface area contributed by atoms with Crippen LogP contribution in [0.15, 0.2) is 53.9 Å². The van der Waals surface area contributed by atoms with Crippen molar-refractivity contribution in [3.8, 4) is 17.0 Å². The molecule has 0 aliphatic rings. The molecule has 1 heterocycles. The molecular formula is C18H15ClN2O2S. The molecule has 0 fully saturated rings. The van der Waals surface area contributed by atoms with Crippen molar-refractivity contribution >= 4 is 34.0 Å². The molecule has 1 N–H and O–H groups in total. The number of amides is 1. The SMILES string of the molecule is Cc1ccc(-c2csc(NC(=O)COc3ccc(Cl)cc3)n2)cc1. The average molecular weight is 359 g/mol. The topological polar surface area (TPSA) is 51.2 Å². The number of carbonyl (C=O) groups is 1. The maximum absolute atomic E-state index is 11.9. The summed E-state index contributed by atoms with van der Waals surface area (Å²) in [6.45, 7) is 1.96. The first-order chi connectivity index (χ1) is 11.6. The van der Waals surface area contributed by atoms with Crippen LogP contribution in [0.25, 0.3) is 11.3 Å². The zero-order valence-electron chi connectivity index (χ0n) is 13.0. The number of halogens is 1. The van der Waals surface area contributed by atoms with Crippen molar-refractivity contribution in [3.63, 3.8) is 0 Å². The number of thiazole rings is 1. The van der Waals surface area contributed by atoms with Crippen molar-refractivity contribution in [2.75, 3.05) is 11.9 Å². The number of aryl methyl sites for hydroxylation is 1. The number of nitrogens with zero attached hydrogens (tertiary/aromatic N) is 1. The molecule has 2 aromatic carbocycles. The van der Waals surface area contributed by atoms with E-state index in [1.54, 1.807) is 24.3 Å². The van der Waals surface area contributed by atoms with Gasteiger partial charge in [0.05, 0.1) is 5.69 Å². The number of carbonyl (C=O) groups excluding carboxylic acids is 1. The van der Waals surface area contributed by atoms with Crippen molar-refractivity contribution in [2.45, 2.75) is 6.92 Å². The largest absolute Gasteiger partial charge is 0.484 e. The lowest BCUT2D eigenvalue weighted by Gasteiger charge is -2.05. The van der Waals surface area contributed by atoms with Gasteiger partial charge in [0, 0.05) is 16.0 Å².